The number of amides is 4. The van der Waals surface area contributed by atoms with Gasteiger partial charge in [-0.3, -0.25) is 39.3 Å². The monoisotopic (exact) mass is 734 g/mol. The van der Waals surface area contributed by atoms with Crippen LogP contribution >= 0.6 is 23.2 Å². The van der Waals surface area contributed by atoms with Crippen molar-refractivity contribution in [2.75, 3.05) is 45.8 Å². The lowest BCUT2D eigenvalue weighted by atomic mass is 9.80. The van der Waals surface area contributed by atoms with Crippen molar-refractivity contribution in [1.29, 1.82) is 0 Å². The number of benzene rings is 1. The molecule has 4 amide bonds. The molecule has 13 nitrogen and oxygen atoms in total. The SMILES string of the molecule is Cn1cc(-c2cc(Cl)c(C(=O)N3CCN(C(=O)CN4CCC(C5C=CC(NC6CCC(=O)NC6=O)=CC5)CC4)CC3)cc2Cl)c2cn[nH]c2c1=O. The first-order chi connectivity index (χ1) is 24.5. The van der Waals surface area contributed by atoms with E-state index in [1.54, 1.807) is 36.5 Å². The summed E-state index contributed by atoms with van der Waals surface area (Å²) in [6.07, 6.45) is 13.4. The smallest absolute Gasteiger partial charge is 0.276 e. The lowest BCUT2D eigenvalue weighted by Crippen LogP contribution is -2.53. The first-order valence-corrected chi connectivity index (χ1v) is 18.1. The van der Waals surface area contributed by atoms with Crippen LogP contribution in [0.2, 0.25) is 10.0 Å². The molecule has 1 aliphatic carbocycles. The van der Waals surface area contributed by atoms with Crippen LogP contribution in [0.3, 0.4) is 0 Å². The fourth-order valence-electron chi connectivity index (χ4n) is 7.57. The second-order valence-electron chi connectivity index (χ2n) is 13.8. The summed E-state index contributed by atoms with van der Waals surface area (Å²) in [6, 6.07) is 2.83. The Balaban J connectivity index is 0.876. The molecular formula is C36H40Cl2N8O5. The van der Waals surface area contributed by atoms with Crippen LogP contribution in [0.4, 0.5) is 0 Å². The van der Waals surface area contributed by atoms with E-state index in [1.807, 2.05) is 11.0 Å². The summed E-state index contributed by atoms with van der Waals surface area (Å²) in [5, 5.41) is 13.6. The van der Waals surface area contributed by atoms with Gasteiger partial charge in [-0.05, 0) is 68.8 Å². The minimum atomic E-state index is -0.384. The van der Waals surface area contributed by atoms with Crippen molar-refractivity contribution >= 4 is 57.7 Å². The number of aromatic amines is 1. The number of carbonyl (C=O) groups is 4. The zero-order valence-electron chi connectivity index (χ0n) is 28.3. The number of fused-ring (bicyclic) bond motifs is 1. The molecule has 3 N–H and O–H groups in total. The van der Waals surface area contributed by atoms with E-state index in [-0.39, 0.29) is 45.8 Å². The van der Waals surface area contributed by atoms with E-state index in [0.29, 0.717) is 84.5 Å². The van der Waals surface area contributed by atoms with Crippen molar-refractivity contribution in [3.63, 3.8) is 0 Å². The molecule has 3 fully saturated rings. The third-order valence-electron chi connectivity index (χ3n) is 10.6. The average molecular weight is 736 g/mol. The minimum Gasteiger partial charge on any atom is -0.374 e. The number of carbonyl (C=O) groups excluding carboxylic acids is 4. The normalized spacial score (nSPS) is 21.9. The van der Waals surface area contributed by atoms with Crippen molar-refractivity contribution < 1.29 is 19.2 Å². The van der Waals surface area contributed by atoms with Gasteiger partial charge in [-0.15, -0.1) is 0 Å². The Hall–Kier alpha value is -4.46. The third kappa shape index (κ3) is 7.33. The molecule has 0 radical (unpaired) electrons. The predicted octanol–water partition coefficient (Wildman–Crippen LogP) is 3.09. The van der Waals surface area contributed by atoms with Crippen LogP contribution in [0.25, 0.3) is 22.0 Å². The van der Waals surface area contributed by atoms with Crippen LogP contribution in [0.15, 0.2) is 53.2 Å². The maximum Gasteiger partial charge on any atom is 0.276 e. The van der Waals surface area contributed by atoms with Gasteiger partial charge in [0.05, 0.1) is 23.3 Å². The number of halogens is 2. The molecule has 1 aromatic carbocycles. The van der Waals surface area contributed by atoms with E-state index in [0.717, 1.165) is 38.0 Å². The maximum atomic E-state index is 13.5. The standard InChI is InChI=1S/C36H40Cl2N8O5/c1-43-19-27(26-18-39-42-33(26)36(43)51)24-16-29(38)25(17-28(24)37)35(50)46-14-12-45(13-15-46)32(48)20-44-10-8-22(9-11-44)21-2-4-23(5-3-21)40-30-6-7-31(47)41-34(30)49/h2,4-5,16-19,21-22,30,40H,3,6-15,20H2,1H3,(H,39,42)(H,41,47,49). The summed E-state index contributed by atoms with van der Waals surface area (Å²) < 4.78 is 1.44. The van der Waals surface area contributed by atoms with Gasteiger partial charge in [0.2, 0.25) is 17.7 Å². The van der Waals surface area contributed by atoms with E-state index in [4.69, 9.17) is 23.2 Å². The van der Waals surface area contributed by atoms with Crippen LogP contribution < -0.4 is 16.2 Å². The number of rotatable bonds is 7. The summed E-state index contributed by atoms with van der Waals surface area (Å²) in [5.74, 6) is 0.275. The average Bonchev–Trinajstić information content (AvgIpc) is 3.63. The number of H-pyrrole nitrogens is 1. The van der Waals surface area contributed by atoms with Crippen molar-refractivity contribution in [2.45, 2.75) is 38.1 Å². The van der Waals surface area contributed by atoms with Gasteiger partial charge in [0, 0.05) is 73.1 Å². The molecule has 7 rings (SSSR count). The summed E-state index contributed by atoms with van der Waals surface area (Å²) in [4.78, 5) is 68.6. The largest absolute Gasteiger partial charge is 0.374 e. The number of aromatic nitrogens is 3. The molecule has 2 unspecified atom stereocenters. The number of likely N-dealkylation sites (tertiary alicyclic amines) is 1. The lowest BCUT2D eigenvalue weighted by Gasteiger charge is -2.38. The number of piperidine rings is 2. The Morgan fingerprint density at radius 1 is 0.961 bits per heavy atom. The molecule has 0 spiro atoms. The molecule has 3 saturated heterocycles. The van der Waals surface area contributed by atoms with E-state index in [9.17, 15) is 24.0 Å². The highest BCUT2D eigenvalue weighted by molar-refractivity contribution is 6.38. The molecule has 4 aliphatic rings. The summed E-state index contributed by atoms with van der Waals surface area (Å²) in [5.41, 5.74) is 2.59. The highest BCUT2D eigenvalue weighted by Crippen LogP contribution is 2.36. The molecule has 268 valence electrons. The van der Waals surface area contributed by atoms with Crippen molar-refractivity contribution in [3.8, 4) is 11.1 Å². The summed E-state index contributed by atoms with van der Waals surface area (Å²) in [7, 11) is 1.64. The molecule has 15 heteroatoms. The Morgan fingerprint density at radius 2 is 1.71 bits per heavy atom. The first-order valence-electron chi connectivity index (χ1n) is 17.4. The number of nitrogens with one attached hydrogen (secondary N) is 3. The van der Waals surface area contributed by atoms with Gasteiger partial charge in [-0.1, -0.05) is 35.4 Å². The van der Waals surface area contributed by atoms with E-state index in [1.165, 1.54) is 4.57 Å². The number of pyridine rings is 1. The highest BCUT2D eigenvalue weighted by atomic mass is 35.5. The molecule has 5 heterocycles. The van der Waals surface area contributed by atoms with Gasteiger partial charge in [-0.2, -0.15) is 5.10 Å². The predicted molar refractivity (Wildman–Crippen MR) is 193 cm³/mol. The molecule has 2 atom stereocenters. The van der Waals surface area contributed by atoms with Crippen LogP contribution in [0, 0.1) is 11.8 Å². The Labute approximate surface area is 304 Å². The van der Waals surface area contributed by atoms with Crippen molar-refractivity contribution in [2.24, 2.45) is 18.9 Å². The quantitative estimate of drug-likeness (QED) is 0.314. The minimum absolute atomic E-state index is 0.0680. The van der Waals surface area contributed by atoms with Crippen LogP contribution in [0.5, 0.6) is 0 Å². The number of allylic oxidation sites excluding steroid dienone is 3. The van der Waals surface area contributed by atoms with Gasteiger partial charge >= 0.3 is 0 Å². The zero-order valence-corrected chi connectivity index (χ0v) is 29.8. The van der Waals surface area contributed by atoms with E-state index >= 15 is 0 Å². The molecular weight excluding hydrogens is 695 g/mol. The first kappa shape index (κ1) is 35.0. The highest BCUT2D eigenvalue weighted by Gasteiger charge is 2.31. The van der Waals surface area contributed by atoms with Gasteiger partial charge < -0.3 is 19.7 Å². The van der Waals surface area contributed by atoms with Gasteiger partial charge in [0.1, 0.15) is 11.6 Å². The second kappa shape index (κ2) is 14.6. The molecule has 3 aliphatic heterocycles. The van der Waals surface area contributed by atoms with Gasteiger partial charge in [-0.25, -0.2) is 0 Å². The fraction of sp³-hybridized carbons (Fsp3) is 0.444. The van der Waals surface area contributed by atoms with Crippen molar-refractivity contribution in [1.82, 2.24) is 40.1 Å². The number of aryl methyl sites for hydroxylation is 1. The number of hydrogen-bond donors (Lipinski definition) is 3. The third-order valence-corrected chi connectivity index (χ3v) is 11.2. The van der Waals surface area contributed by atoms with Crippen molar-refractivity contribution in [3.05, 3.63) is 74.4 Å². The number of piperazine rings is 1. The van der Waals surface area contributed by atoms with Gasteiger partial charge in [0.25, 0.3) is 11.5 Å². The zero-order chi connectivity index (χ0) is 35.8. The molecule has 0 bridgehead atoms. The summed E-state index contributed by atoms with van der Waals surface area (Å²) in [6.45, 7) is 3.72. The molecule has 51 heavy (non-hydrogen) atoms. The fourth-order valence-corrected chi connectivity index (χ4v) is 8.08. The lowest BCUT2D eigenvalue weighted by molar-refractivity contribution is -0.135. The van der Waals surface area contributed by atoms with E-state index in [2.05, 4.69) is 37.9 Å². The number of imide groups is 1. The number of nitrogens with zero attached hydrogens (tertiary/aromatic N) is 5. The van der Waals surface area contributed by atoms with Crippen LogP contribution in [0.1, 0.15) is 42.5 Å². The Bertz CT molecular complexity index is 2010. The van der Waals surface area contributed by atoms with Gasteiger partial charge in [0.15, 0.2) is 0 Å². The molecule has 2 aromatic heterocycles. The second-order valence-corrected chi connectivity index (χ2v) is 14.6. The maximum absolute atomic E-state index is 13.5. The Morgan fingerprint density at radius 3 is 2.41 bits per heavy atom. The molecule has 3 aromatic rings. The number of hydrogen-bond acceptors (Lipinski definition) is 8. The summed E-state index contributed by atoms with van der Waals surface area (Å²) >= 11 is 13.4. The molecule has 0 saturated carbocycles. The van der Waals surface area contributed by atoms with E-state index < -0.39 is 0 Å². The van der Waals surface area contributed by atoms with Crippen LogP contribution in [-0.4, -0.2) is 105 Å². The van der Waals surface area contributed by atoms with Crippen LogP contribution in [-0.2, 0) is 21.4 Å². The Kier molecular flexibility index (Phi) is 10.0. The topological polar surface area (TPSA) is 153 Å².